The molecule has 4 rings (SSSR count). The molecule has 0 saturated heterocycles. The Hall–Kier alpha value is -1.57. The lowest BCUT2D eigenvalue weighted by Crippen LogP contribution is -2.49. The number of ether oxygens (including phenoxy) is 1. The Labute approximate surface area is 147 Å². The van der Waals surface area contributed by atoms with Gasteiger partial charge in [0.2, 0.25) is 5.91 Å². The van der Waals surface area contributed by atoms with Gasteiger partial charge < -0.3 is 25.2 Å². The number of aliphatic hydroxyl groups is 1. The second-order valence-electron chi connectivity index (χ2n) is 7.79. The molecule has 3 aliphatic rings. The van der Waals surface area contributed by atoms with E-state index >= 15 is 0 Å². The van der Waals surface area contributed by atoms with E-state index in [9.17, 15) is 19.9 Å². The molecule has 1 amide bonds. The van der Waals surface area contributed by atoms with Crippen LogP contribution >= 0.6 is 0 Å². The highest BCUT2D eigenvalue weighted by atomic mass is 16.5. The van der Waals surface area contributed by atoms with Gasteiger partial charge in [0.15, 0.2) is 0 Å². The Morgan fingerprint density at radius 1 is 1.40 bits per heavy atom. The smallest absolute Gasteiger partial charge is 0.475 e. The summed E-state index contributed by atoms with van der Waals surface area (Å²) in [5.41, 5.74) is 0.365. The average Bonchev–Trinajstić information content (AvgIpc) is 3.08. The predicted octanol–water partition coefficient (Wildman–Crippen LogP) is 0.601. The summed E-state index contributed by atoms with van der Waals surface area (Å²) in [6.45, 7) is 0.476. The van der Waals surface area contributed by atoms with Crippen LogP contribution in [0.3, 0.4) is 0 Å². The van der Waals surface area contributed by atoms with Crippen LogP contribution in [0, 0.1) is 11.8 Å². The number of carbonyl (C=O) groups is 1. The van der Waals surface area contributed by atoms with Crippen LogP contribution in [0.1, 0.15) is 43.6 Å². The van der Waals surface area contributed by atoms with E-state index < -0.39 is 18.7 Å². The summed E-state index contributed by atoms with van der Waals surface area (Å²) >= 11 is 0. The number of amides is 1. The van der Waals surface area contributed by atoms with Gasteiger partial charge in [-0.15, -0.1) is 0 Å². The van der Waals surface area contributed by atoms with Crippen molar-refractivity contribution in [1.29, 1.82) is 0 Å². The fourth-order valence-electron chi connectivity index (χ4n) is 4.63. The van der Waals surface area contributed by atoms with Crippen molar-refractivity contribution in [1.82, 2.24) is 5.32 Å². The molecule has 25 heavy (non-hydrogen) atoms. The van der Waals surface area contributed by atoms with E-state index in [2.05, 4.69) is 5.32 Å². The van der Waals surface area contributed by atoms with Crippen molar-refractivity contribution >= 4 is 13.0 Å². The molecule has 134 valence electrons. The van der Waals surface area contributed by atoms with Crippen LogP contribution in [0.15, 0.2) is 24.3 Å². The van der Waals surface area contributed by atoms with Crippen LogP contribution in [0.25, 0.3) is 0 Å². The summed E-state index contributed by atoms with van der Waals surface area (Å²) in [5, 5.41) is 32.6. The summed E-state index contributed by atoms with van der Waals surface area (Å²) < 4.78 is 5.64. The van der Waals surface area contributed by atoms with Gasteiger partial charge in [-0.05, 0) is 44.1 Å². The minimum atomic E-state index is -1.63. The van der Waals surface area contributed by atoms with E-state index in [1.54, 1.807) is 0 Å². The molecule has 0 radical (unpaired) electrons. The summed E-state index contributed by atoms with van der Waals surface area (Å²) in [4.78, 5) is 12.6. The summed E-state index contributed by atoms with van der Waals surface area (Å²) in [6, 6.07) is 7.70. The molecule has 2 aliphatic carbocycles. The topological polar surface area (TPSA) is 99.0 Å². The van der Waals surface area contributed by atoms with Crippen LogP contribution in [0.4, 0.5) is 0 Å². The molecular weight excluding hydrogens is 321 g/mol. The normalized spacial score (nSPS) is 33.6. The summed E-state index contributed by atoms with van der Waals surface area (Å²) in [5.74, 6) is -0.123. The van der Waals surface area contributed by atoms with Gasteiger partial charge in [0.1, 0.15) is 5.75 Å². The van der Waals surface area contributed by atoms with E-state index in [4.69, 9.17) is 4.74 Å². The number of rotatable bonds is 5. The lowest BCUT2D eigenvalue weighted by atomic mass is 9.72. The van der Waals surface area contributed by atoms with Crippen molar-refractivity contribution < 1.29 is 24.7 Å². The largest absolute Gasteiger partial charge is 0.493 e. The number of benzene rings is 1. The van der Waals surface area contributed by atoms with E-state index in [1.807, 2.05) is 24.3 Å². The third-order valence-corrected chi connectivity index (χ3v) is 6.25. The molecule has 4 N–H and O–H groups in total. The molecule has 1 heterocycles. The van der Waals surface area contributed by atoms with Gasteiger partial charge in [-0.2, -0.15) is 0 Å². The molecule has 1 aliphatic heterocycles. The lowest BCUT2D eigenvalue weighted by Gasteiger charge is -2.39. The molecule has 5 atom stereocenters. The van der Waals surface area contributed by atoms with E-state index in [1.165, 1.54) is 0 Å². The van der Waals surface area contributed by atoms with Crippen LogP contribution < -0.4 is 10.1 Å². The van der Waals surface area contributed by atoms with Crippen molar-refractivity contribution in [3.05, 3.63) is 29.8 Å². The minimum Gasteiger partial charge on any atom is -0.493 e. The van der Waals surface area contributed by atoms with Gasteiger partial charge >= 0.3 is 7.12 Å². The highest BCUT2D eigenvalue weighted by Gasteiger charge is 2.54. The fraction of sp³-hybridized carbons (Fsp3) is 0.611. The first-order valence-corrected chi connectivity index (χ1v) is 9.07. The lowest BCUT2D eigenvalue weighted by molar-refractivity contribution is -0.126. The average molecular weight is 345 g/mol. The Kier molecular flexibility index (Phi) is 4.26. The van der Waals surface area contributed by atoms with Gasteiger partial charge in [0.05, 0.1) is 18.1 Å². The SMILES string of the molecule is O=C(N[C@@H](C[C@@H]1COc2ccccc21)B(O)O)[C@@H]1C[C@H]2CCC2(O)C1. The van der Waals surface area contributed by atoms with Crippen molar-refractivity contribution in [3.8, 4) is 5.75 Å². The fourth-order valence-corrected chi connectivity index (χ4v) is 4.63. The zero-order valence-electron chi connectivity index (χ0n) is 14.1. The van der Waals surface area contributed by atoms with E-state index in [-0.39, 0.29) is 23.7 Å². The first-order chi connectivity index (χ1) is 12.0. The van der Waals surface area contributed by atoms with Crippen molar-refractivity contribution in [2.75, 3.05) is 6.61 Å². The van der Waals surface area contributed by atoms with Gasteiger partial charge in [0, 0.05) is 17.4 Å². The first-order valence-electron chi connectivity index (χ1n) is 9.07. The Balaban J connectivity index is 1.40. The van der Waals surface area contributed by atoms with Gasteiger partial charge in [-0.25, -0.2) is 0 Å². The quantitative estimate of drug-likeness (QED) is 0.586. The number of para-hydroxylation sites is 1. The highest BCUT2D eigenvalue weighted by molar-refractivity contribution is 6.43. The molecule has 1 aromatic rings. The standard InChI is InChI=1S/C18H24BNO5/c21-17(11-7-13-5-6-18(13,22)9-11)20-16(19(23)24)8-12-10-25-15-4-2-1-3-14(12)15/h1-4,11-13,16,22-24H,5-10H2,(H,20,21)/t11-,12-,13-,16+,18?/m1/s1. The molecule has 6 nitrogen and oxygen atoms in total. The third kappa shape index (κ3) is 3.05. The zero-order valence-corrected chi connectivity index (χ0v) is 14.1. The van der Waals surface area contributed by atoms with Crippen LogP contribution in [-0.2, 0) is 4.79 Å². The molecule has 2 saturated carbocycles. The molecule has 0 spiro atoms. The third-order valence-electron chi connectivity index (χ3n) is 6.25. The molecule has 2 fully saturated rings. The Bertz CT molecular complexity index is 669. The summed E-state index contributed by atoms with van der Waals surface area (Å²) in [6.07, 6.45) is 3.31. The molecular formula is C18H24BNO5. The zero-order chi connectivity index (χ0) is 17.6. The number of nitrogens with one attached hydrogen (secondary N) is 1. The number of fused-ring (bicyclic) bond motifs is 2. The molecule has 1 aromatic carbocycles. The molecule has 0 aromatic heterocycles. The van der Waals surface area contributed by atoms with Crippen LogP contribution in [0.5, 0.6) is 5.75 Å². The Morgan fingerprint density at radius 2 is 2.20 bits per heavy atom. The maximum Gasteiger partial charge on any atom is 0.475 e. The second kappa shape index (κ2) is 6.30. The van der Waals surface area contributed by atoms with Gasteiger partial charge in [-0.3, -0.25) is 4.79 Å². The maximum atomic E-state index is 12.6. The Morgan fingerprint density at radius 3 is 2.84 bits per heavy atom. The van der Waals surface area contributed by atoms with Crippen LogP contribution in [0.2, 0.25) is 0 Å². The van der Waals surface area contributed by atoms with Gasteiger partial charge in [0.25, 0.3) is 0 Å². The maximum absolute atomic E-state index is 12.6. The van der Waals surface area contributed by atoms with Crippen LogP contribution in [-0.4, -0.2) is 46.3 Å². The molecule has 7 heteroatoms. The second-order valence-corrected chi connectivity index (χ2v) is 7.79. The number of carbonyl (C=O) groups excluding carboxylic acids is 1. The summed E-state index contributed by atoms with van der Waals surface area (Å²) in [7, 11) is -1.63. The van der Waals surface area contributed by atoms with Crippen molar-refractivity contribution in [3.63, 3.8) is 0 Å². The minimum absolute atomic E-state index is 0.0206. The number of hydrogen-bond acceptors (Lipinski definition) is 5. The highest BCUT2D eigenvalue weighted by Crippen LogP contribution is 2.52. The van der Waals surface area contributed by atoms with E-state index in [0.29, 0.717) is 25.9 Å². The van der Waals surface area contributed by atoms with E-state index in [0.717, 1.165) is 24.2 Å². The van der Waals surface area contributed by atoms with Crippen molar-refractivity contribution in [2.45, 2.75) is 49.6 Å². The molecule has 1 unspecified atom stereocenters. The van der Waals surface area contributed by atoms with Crippen molar-refractivity contribution in [2.24, 2.45) is 11.8 Å². The monoisotopic (exact) mass is 345 g/mol. The first kappa shape index (κ1) is 16.9. The molecule has 0 bridgehead atoms. The van der Waals surface area contributed by atoms with Gasteiger partial charge in [-0.1, -0.05) is 18.2 Å². The predicted molar refractivity (Wildman–Crippen MR) is 91.8 cm³/mol. The number of hydrogen-bond donors (Lipinski definition) is 4.